The molecule has 0 radical (unpaired) electrons. The van der Waals surface area contributed by atoms with Crippen molar-refractivity contribution in [2.75, 3.05) is 13.1 Å². The fourth-order valence-corrected chi connectivity index (χ4v) is 5.04. The van der Waals surface area contributed by atoms with Gasteiger partial charge in [-0.25, -0.2) is 0 Å². The molecule has 0 bridgehead atoms. The molecule has 0 saturated carbocycles. The van der Waals surface area contributed by atoms with Gasteiger partial charge in [-0.15, -0.1) is 5.10 Å². The summed E-state index contributed by atoms with van der Waals surface area (Å²) in [5.74, 6) is 0.539. The van der Waals surface area contributed by atoms with Crippen LogP contribution < -0.4 is 11.3 Å². The van der Waals surface area contributed by atoms with Crippen LogP contribution in [0.3, 0.4) is 0 Å². The number of likely N-dealkylation sites (tertiary alicyclic amines) is 1. The van der Waals surface area contributed by atoms with Gasteiger partial charge in [-0.2, -0.15) is 0 Å². The molecular weight excluding hydrogens is 364 g/mol. The molecule has 2 aromatic heterocycles. The first-order valence-corrected chi connectivity index (χ1v) is 10.7. The van der Waals surface area contributed by atoms with Gasteiger partial charge in [-0.3, -0.25) is 14.4 Å². The molecule has 7 heteroatoms. The molecule has 0 aliphatic carbocycles. The number of rotatable bonds is 5. The summed E-state index contributed by atoms with van der Waals surface area (Å²) < 4.78 is 3.89. The second-order valence-corrected chi connectivity index (χ2v) is 8.46. The van der Waals surface area contributed by atoms with Crippen LogP contribution in [0.5, 0.6) is 0 Å². The standard InChI is InChI=1S/C22H28N6O/c23-11-19-15-27(25-24-19)13-16-4-2-8-26(12-16)14-18-10-21(29)28-9-3-6-17-5-1-7-20(18)22(17)28/h1,5,7,10,15-16H,2-4,6,8-9,11-14,23H2/t16-/m0/s1. The predicted octanol–water partition coefficient (Wildman–Crippen LogP) is 1.91. The second kappa shape index (κ2) is 7.72. The van der Waals surface area contributed by atoms with Crippen molar-refractivity contribution in [1.82, 2.24) is 24.5 Å². The average molecular weight is 393 g/mol. The van der Waals surface area contributed by atoms with E-state index in [1.165, 1.54) is 23.8 Å². The molecule has 2 aliphatic rings. The van der Waals surface area contributed by atoms with Crippen LogP contribution in [-0.4, -0.2) is 37.6 Å². The third-order valence-electron chi connectivity index (χ3n) is 6.36. The van der Waals surface area contributed by atoms with E-state index in [0.29, 0.717) is 12.5 Å². The van der Waals surface area contributed by atoms with Gasteiger partial charge in [0.2, 0.25) is 0 Å². The number of hydrogen-bond acceptors (Lipinski definition) is 5. The van der Waals surface area contributed by atoms with E-state index in [1.807, 2.05) is 21.5 Å². The number of piperidine rings is 1. The van der Waals surface area contributed by atoms with Crippen molar-refractivity contribution in [1.29, 1.82) is 0 Å². The quantitative estimate of drug-likeness (QED) is 0.717. The van der Waals surface area contributed by atoms with Gasteiger partial charge in [0.15, 0.2) is 0 Å². The molecule has 3 aromatic rings. The van der Waals surface area contributed by atoms with Crippen molar-refractivity contribution in [3.05, 3.63) is 57.6 Å². The fraction of sp³-hybridized carbons (Fsp3) is 0.500. The van der Waals surface area contributed by atoms with Crippen molar-refractivity contribution in [2.24, 2.45) is 11.7 Å². The van der Waals surface area contributed by atoms with E-state index in [9.17, 15) is 4.79 Å². The lowest BCUT2D eigenvalue weighted by Crippen LogP contribution is -2.37. The largest absolute Gasteiger partial charge is 0.325 e. The molecule has 5 rings (SSSR count). The van der Waals surface area contributed by atoms with Gasteiger partial charge in [0.05, 0.1) is 11.2 Å². The first-order valence-electron chi connectivity index (χ1n) is 10.7. The van der Waals surface area contributed by atoms with E-state index in [0.717, 1.165) is 62.3 Å². The molecule has 1 saturated heterocycles. The van der Waals surface area contributed by atoms with Crippen molar-refractivity contribution in [2.45, 2.75) is 51.9 Å². The Balaban J connectivity index is 1.37. The topological polar surface area (TPSA) is 82.0 Å². The predicted molar refractivity (Wildman–Crippen MR) is 112 cm³/mol. The average Bonchev–Trinajstić information content (AvgIpc) is 3.19. The van der Waals surface area contributed by atoms with Crippen LogP contribution >= 0.6 is 0 Å². The smallest absolute Gasteiger partial charge is 0.251 e. The molecule has 1 atom stereocenters. The van der Waals surface area contributed by atoms with E-state index in [4.69, 9.17) is 5.73 Å². The molecule has 2 aliphatic heterocycles. The number of para-hydroxylation sites is 1. The lowest BCUT2D eigenvalue weighted by molar-refractivity contribution is 0.153. The molecule has 7 nitrogen and oxygen atoms in total. The molecule has 0 unspecified atom stereocenters. The SMILES string of the molecule is NCc1cn(C[C@H]2CCCN(Cc3cc(=O)n4c5c(cccc35)CCC4)C2)nn1. The van der Waals surface area contributed by atoms with Crippen molar-refractivity contribution in [3.8, 4) is 0 Å². The molecule has 152 valence electrons. The molecule has 1 fully saturated rings. The molecule has 1 aromatic carbocycles. The molecule has 29 heavy (non-hydrogen) atoms. The number of aromatic nitrogens is 4. The minimum atomic E-state index is 0.144. The zero-order chi connectivity index (χ0) is 19.8. The first-order chi connectivity index (χ1) is 14.2. The number of nitrogens with two attached hydrogens (primary N) is 1. The maximum absolute atomic E-state index is 12.8. The summed E-state index contributed by atoms with van der Waals surface area (Å²) in [6, 6.07) is 8.36. The monoisotopic (exact) mass is 392 g/mol. The normalized spacial score (nSPS) is 19.7. The Labute approximate surface area is 170 Å². The molecule has 4 heterocycles. The van der Waals surface area contributed by atoms with Crippen LogP contribution in [0, 0.1) is 5.92 Å². The highest BCUT2D eigenvalue weighted by Gasteiger charge is 2.23. The fourth-order valence-electron chi connectivity index (χ4n) is 5.04. The summed E-state index contributed by atoms with van der Waals surface area (Å²) in [7, 11) is 0. The maximum Gasteiger partial charge on any atom is 0.251 e. The highest BCUT2D eigenvalue weighted by atomic mass is 16.1. The summed E-state index contributed by atoms with van der Waals surface area (Å²) >= 11 is 0. The summed E-state index contributed by atoms with van der Waals surface area (Å²) in [5, 5.41) is 9.54. The zero-order valence-electron chi connectivity index (χ0n) is 16.8. The summed E-state index contributed by atoms with van der Waals surface area (Å²) in [5.41, 5.74) is 10.3. The van der Waals surface area contributed by atoms with Crippen molar-refractivity contribution < 1.29 is 0 Å². The van der Waals surface area contributed by atoms with E-state index in [-0.39, 0.29) is 5.56 Å². The Morgan fingerprint density at radius 3 is 3.00 bits per heavy atom. The Kier molecular flexibility index (Phi) is 4.93. The number of benzene rings is 1. The summed E-state index contributed by atoms with van der Waals surface area (Å²) in [4.78, 5) is 15.3. The molecule has 2 N–H and O–H groups in total. The van der Waals surface area contributed by atoms with E-state index in [1.54, 1.807) is 0 Å². The Morgan fingerprint density at radius 1 is 1.21 bits per heavy atom. The van der Waals surface area contributed by atoms with Crippen molar-refractivity contribution >= 4 is 10.9 Å². The third-order valence-corrected chi connectivity index (χ3v) is 6.36. The van der Waals surface area contributed by atoms with Crippen LogP contribution in [-0.2, 0) is 32.6 Å². The van der Waals surface area contributed by atoms with Gasteiger partial charge < -0.3 is 10.3 Å². The molecule has 0 spiro atoms. The van der Waals surface area contributed by atoms with Gasteiger partial charge in [0.25, 0.3) is 5.56 Å². The summed E-state index contributed by atoms with van der Waals surface area (Å²) in [6.07, 6.45) is 6.43. The lowest BCUT2D eigenvalue weighted by atomic mass is 9.95. The highest BCUT2D eigenvalue weighted by Crippen LogP contribution is 2.28. The maximum atomic E-state index is 12.8. The Hall–Kier alpha value is -2.51. The van der Waals surface area contributed by atoms with Crippen LogP contribution in [0.4, 0.5) is 0 Å². The number of pyridine rings is 1. The van der Waals surface area contributed by atoms with Gasteiger partial charge in [-0.05, 0) is 49.3 Å². The minimum absolute atomic E-state index is 0.144. The minimum Gasteiger partial charge on any atom is -0.325 e. The van der Waals surface area contributed by atoms with Crippen LogP contribution in [0.15, 0.2) is 35.3 Å². The van der Waals surface area contributed by atoms with Crippen LogP contribution in [0.25, 0.3) is 10.9 Å². The van der Waals surface area contributed by atoms with Gasteiger partial charge in [0.1, 0.15) is 0 Å². The van der Waals surface area contributed by atoms with E-state index < -0.39 is 0 Å². The zero-order valence-corrected chi connectivity index (χ0v) is 16.8. The van der Waals surface area contributed by atoms with Gasteiger partial charge in [0, 0.05) is 50.4 Å². The number of aryl methyl sites for hydroxylation is 2. The van der Waals surface area contributed by atoms with Gasteiger partial charge >= 0.3 is 0 Å². The van der Waals surface area contributed by atoms with Crippen LogP contribution in [0.2, 0.25) is 0 Å². The Bertz CT molecular complexity index is 1080. The third kappa shape index (κ3) is 3.60. The summed E-state index contributed by atoms with van der Waals surface area (Å²) in [6.45, 7) is 5.06. The highest BCUT2D eigenvalue weighted by molar-refractivity contribution is 5.86. The van der Waals surface area contributed by atoms with Crippen molar-refractivity contribution in [3.63, 3.8) is 0 Å². The van der Waals surface area contributed by atoms with E-state index >= 15 is 0 Å². The van der Waals surface area contributed by atoms with E-state index in [2.05, 4.69) is 33.4 Å². The first kappa shape index (κ1) is 18.5. The molecular formula is C22H28N6O. The lowest BCUT2D eigenvalue weighted by Gasteiger charge is -2.33. The van der Waals surface area contributed by atoms with Crippen LogP contribution in [0.1, 0.15) is 36.1 Å². The van der Waals surface area contributed by atoms with Gasteiger partial charge in [-0.1, -0.05) is 23.4 Å². The second-order valence-electron chi connectivity index (χ2n) is 8.46. The molecule has 0 amide bonds. The number of nitrogens with zero attached hydrogens (tertiary/aromatic N) is 5. The number of hydrogen-bond donors (Lipinski definition) is 1. The Morgan fingerprint density at radius 2 is 2.14 bits per heavy atom.